The molecule has 0 atom stereocenters. The number of aromatic nitrogens is 2. The van der Waals surface area contributed by atoms with E-state index in [0.29, 0.717) is 21.7 Å². The lowest BCUT2D eigenvalue weighted by molar-refractivity contribution is 0.942. The molecule has 4 rings (SSSR count). The summed E-state index contributed by atoms with van der Waals surface area (Å²) in [6.45, 7) is 2.01. The number of rotatable bonds is 3. The molecule has 0 aliphatic carbocycles. The molecule has 0 unspecified atom stereocenters. The topological polar surface area (TPSA) is 34.9 Å². The number of hydrogen-bond donors (Lipinski definition) is 0. The smallest absolute Gasteiger partial charge is 0.266 e. The molecule has 0 fully saturated rings. The fourth-order valence-electron chi connectivity index (χ4n) is 3.02. The number of hydrogen-bond acceptors (Lipinski definition) is 2. The minimum absolute atomic E-state index is 0.0815. The molecular weight excluding hydrogens is 356 g/mol. The maximum Gasteiger partial charge on any atom is 0.266 e. The third-order valence-corrected chi connectivity index (χ3v) is 4.61. The quantitative estimate of drug-likeness (QED) is 0.474. The maximum atomic E-state index is 13.2. The van der Waals surface area contributed by atoms with Gasteiger partial charge in [-0.15, -0.1) is 0 Å². The lowest BCUT2D eigenvalue weighted by Gasteiger charge is -2.12. The molecule has 3 nitrogen and oxygen atoms in total. The highest BCUT2D eigenvalue weighted by atomic mass is 35.5. The predicted octanol–water partition coefficient (Wildman–Crippen LogP) is 5.52. The Morgan fingerprint density at radius 1 is 0.926 bits per heavy atom. The summed E-state index contributed by atoms with van der Waals surface area (Å²) in [6, 6.07) is 22.8. The van der Waals surface area contributed by atoms with E-state index in [-0.39, 0.29) is 5.56 Å². The standard InChI is InChI=1S/C23H17ClN2O/c1-16-5-4-6-19(15-16)26-22(14-11-17-9-12-18(24)13-10-17)25-21-8-3-2-7-20(21)23(26)27/h2-15H,1H3. The summed E-state index contributed by atoms with van der Waals surface area (Å²) in [5.74, 6) is 0.583. The number of aryl methyl sites for hydroxylation is 1. The van der Waals surface area contributed by atoms with Crippen LogP contribution >= 0.6 is 11.6 Å². The Balaban J connectivity index is 1.93. The van der Waals surface area contributed by atoms with E-state index in [0.717, 1.165) is 16.8 Å². The third-order valence-electron chi connectivity index (χ3n) is 4.36. The molecule has 3 aromatic carbocycles. The molecule has 0 aliphatic rings. The number of fused-ring (bicyclic) bond motifs is 1. The van der Waals surface area contributed by atoms with Crippen molar-refractivity contribution in [3.05, 3.63) is 105 Å². The van der Waals surface area contributed by atoms with Gasteiger partial charge in [-0.1, -0.05) is 54.1 Å². The lowest BCUT2D eigenvalue weighted by atomic mass is 10.2. The fourth-order valence-corrected chi connectivity index (χ4v) is 3.15. The van der Waals surface area contributed by atoms with Crippen molar-refractivity contribution in [3.8, 4) is 5.69 Å². The van der Waals surface area contributed by atoms with E-state index in [1.807, 2.05) is 91.9 Å². The second-order valence-corrected chi connectivity index (χ2v) is 6.79. The van der Waals surface area contributed by atoms with Gasteiger partial charge in [0.1, 0.15) is 5.82 Å². The summed E-state index contributed by atoms with van der Waals surface area (Å²) in [6.07, 6.45) is 3.79. The SMILES string of the molecule is Cc1cccc(-n2c(C=Cc3ccc(Cl)cc3)nc3ccccc3c2=O)c1. The van der Waals surface area contributed by atoms with Gasteiger partial charge in [0.25, 0.3) is 5.56 Å². The van der Waals surface area contributed by atoms with Crippen molar-refractivity contribution >= 4 is 34.7 Å². The Bertz CT molecular complexity index is 1210. The van der Waals surface area contributed by atoms with Gasteiger partial charge in [0.05, 0.1) is 16.6 Å². The van der Waals surface area contributed by atoms with Crippen LogP contribution in [0.25, 0.3) is 28.7 Å². The second-order valence-electron chi connectivity index (χ2n) is 6.35. The van der Waals surface area contributed by atoms with E-state index in [1.54, 1.807) is 4.57 Å². The zero-order chi connectivity index (χ0) is 18.8. The molecule has 0 spiro atoms. The molecule has 1 heterocycles. The normalized spacial score (nSPS) is 11.3. The molecule has 4 heteroatoms. The molecule has 0 bridgehead atoms. The molecule has 0 saturated carbocycles. The predicted molar refractivity (Wildman–Crippen MR) is 112 cm³/mol. The first kappa shape index (κ1) is 17.3. The van der Waals surface area contributed by atoms with E-state index in [2.05, 4.69) is 0 Å². The van der Waals surface area contributed by atoms with Crippen LogP contribution in [-0.2, 0) is 0 Å². The molecule has 4 aromatic rings. The molecule has 0 saturated heterocycles. The average Bonchev–Trinajstić information content (AvgIpc) is 2.68. The Morgan fingerprint density at radius 3 is 2.48 bits per heavy atom. The average molecular weight is 373 g/mol. The van der Waals surface area contributed by atoms with Gasteiger partial charge >= 0.3 is 0 Å². The maximum absolute atomic E-state index is 13.2. The zero-order valence-corrected chi connectivity index (χ0v) is 15.5. The van der Waals surface area contributed by atoms with E-state index < -0.39 is 0 Å². The van der Waals surface area contributed by atoms with Gasteiger partial charge in [-0.2, -0.15) is 0 Å². The summed E-state index contributed by atoms with van der Waals surface area (Å²) in [5.41, 5.74) is 3.47. The molecule has 0 N–H and O–H groups in total. The Hall–Kier alpha value is -3.17. The van der Waals surface area contributed by atoms with E-state index in [1.165, 1.54) is 0 Å². The first-order chi connectivity index (χ1) is 13.1. The highest BCUT2D eigenvalue weighted by molar-refractivity contribution is 6.30. The zero-order valence-electron chi connectivity index (χ0n) is 14.8. The summed E-state index contributed by atoms with van der Waals surface area (Å²) >= 11 is 5.95. The largest absolute Gasteiger partial charge is 0.268 e. The first-order valence-corrected chi connectivity index (χ1v) is 9.02. The van der Waals surface area contributed by atoms with Crippen molar-refractivity contribution in [3.63, 3.8) is 0 Å². The monoisotopic (exact) mass is 372 g/mol. The van der Waals surface area contributed by atoms with Crippen LogP contribution in [0.1, 0.15) is 17.0 Å². The van der Waals surface area contributed by atoms with E-state index in [9.17, 15) is 4.79 Å². The van der Waals surface area contributed by atoms with Crippen LogP contribution < -0.4 is 5.56 Å². The van der Waals surface area contributed by atoms with Crippen LogP contribution in [0.2, 0.25) is 5.02 Å². The third kappa shape index (κ3) is 3.55. The highest BCUT2D eigenvalue weighted by Gasteiger charge is 2.11. The molecule has 0 amide bonds. The summed E-state index contributed by atoms with van der Waals surface area (Å²) in [4.78, 5) is 17.9. The Morgan fingerprint density at radius 2 is 1.70 bits per heavy atom. The minimum atomic E-state index is -0.0815. The van der Waals surface area contributed by atoms with Crippen LogP contribution in [-0.4, -0.2) is 9.55 Å². The van der Waals surface area contributed by atoms with Gasteiger partial charge in [-0.3, -0.25) is 9.36 Å². The number of benzene rings is 3. The molecule has 0 aliphatic heterocycles. The summed E-state index contributed by atoms with van der Waals surface area (Å²) in [7, 11) is 0. The number of para-hydroxylation sites is 1. The Labute approximate surface area is 162 Å². The van der Waals surface area contributed by atoms with Crippen LogP contribution in [0.5, 0.6) is 0 Å². The minimum Gasteiger partial charge on any atom is -0.268 e. The first-order valence-electron chi connectivity index (χ1n) is 8.64. The van der Waals surface area contributed by atoms with Crippen molar-refractivity contribution in [2.75, 3.05) is 0 Å². The van der Waals surface area contributed by atoms with Crippen LogP contribution in [0, 0.1) is 6.92 Å². The molecule has 27 heavy (non-hydrogen) atoms. The van der Waals surface area contributed by atoms with Gasteiger partial charge in [0.2, 0.25) is 0 Å². The fraction of sp³-hybridized carbons (Fsp3) is 0.0435. The summed E-state index contributed by atoms with van der Waals surface area (Å²) in [5, 5.41) is 1.29. The van der Waals surface area contributed by atoms with Crippen LogP contribution in [0.15, 0.2) is 77.6 Å². The van der Waals surface area contributed by atoms with Crippen molar-refractivity contribution in [2.24, 2.45) is 0 Å². The van der Waals surface area contributed by atoms with E-state index in [4.69, 9.17) is 16.6 Å². The van der Waals surface area contributed by atoms with Gasteiger partial charge in [-0.05, 0) is 60.5 Å². The number of nitrogens with zero attached hydrogens (tertiary/aromatic N) is 2. The van der Waals surface area contributed by atoms with E-state index >= 15 is 0 Å². The van der Waals surface area contributed by atoms with Crippen molar-refractivity contribution in [1.82, 2.24) is 9.55 Å². The van der Waals surface area contributed by atoms with Crippen molar-refractivity contribution < 1.29 is 0 Å². The van der Waals surface area contributed by atoms with Gasteiger partial charge in [-0.25, -0.2) is 4.98 Å². The molecule has 132 valence electrons. The van der Waals surface area contributed by atoms with Gasteiger partial charge in [0, 0.05) is 5.02 Å². The van der Waals surface area contributed by atoms with Crippen molar-refractivity contribution in [2.45, 2.75) is 6.92 Å². The summed E-state index contributed by atoms with van der Waals surface area (Å²) < 4.78 is 1.65. The Kier molecular flexibility index (Phi) is 4.61. The van der Waals surface area contributed by atoms with Crippen molar-refractivity contribution in [1.29, 1.82) is 0 Å². The van der Waals surface area contributed by atoms with Crippen LogP contribution in [0.3, 0.4) is 0 Å². The van der Waals surface area contributed by atoms with Crippen LogP contribution in [0.4, 0.5) is 0 Å². The second kappa shape index (κ2) is 7.22. The number of halogens is 1. The highest BCUT2D eigenvalue weighted by Crippen LogP contribution is 2.17. The molecule has 0 radical (unpaired) electrons. The van der Waals surface area contributed by atoms with Gasteiger partial charge in [0.15, 0.2) is 0 Å². The lowest BCUT2D eigenvalue weighted by Crippen LogP contribution is -2.22. The molecule has 1 aromatic heterocycles. The van der Waals surface area contributed by atoms with Gasteiger partial charge < -0.3 is 0 Å². The molecular formula is C23H17ClN2O.